The van der Waals surface area contributed by atoms with Crippen molar-refractivity contribution in [2.75, 3.05) is 6.54 Å². The number of thioether (sulfide) groups is 1. The van der Waals surface area contributed by atoms with Gasteiger partial charge < -0.3 is 10.2 Å². The van der Waals surface area contributed by atoms with Gasteiger partial charge in [-0.25, -0.2) is 4.39 Å². The number of amides is 2. The SMILES string of the molecule is C[C@@H]1S[C@H](c2ccccc2F)N(CCC(=O)NC2CC2)C1=O. The van der Waals surface area contributed by atoms with E-state index in [0.717, 1.165) is 12.8 Å². The third-order valence-corrected chi connectivity index (χ3v) is 5.32. The van der Waals surface area contributed by atoms with E-state index in [9.17, 15) is 14.0 Å². The third-order valence-electron chi connectivity index (χ3n) is 3.94. The lowest BCUT2D eigenvalue weighted by Crippen LogP contribution is -2.35. The molecule has 0 spiro atoms. The van der Waals surface area contributed by atoms with Gasteiger partial charge in [0.2, 0.25) is 11.8 Å². The summed E-state index contributed by atoms with van der Waals surface area (Å²) in [6, 6.07) is 6.83. The maximum absolute atomic E-state index is 14.0. The molecule has 2 atom stereocenters. The number of rotatable bonds is 5. The molecule has 6 heteroatoms. The normalized spacial score (nSPS) is 24.6. The highest BCUT2D eigenvalue weighted by molar-refractivity contribution is 8.01. The van der Waals surface area contributed by atoms with Crippen molar-refractivity contribution in [3.8, 4) is 0 Å². The Balaban J connectivity index is 1.69. The van der Waals surface area contributed by atoms with Crippen molar-refractivity contribution in [1.82, 2.24) is 10.2 Å². The molecular weight excluding hydrogens is 303 g/mol. The van der Waals surface area contributed by atoms with E-state index in [0.29, 0.717) is 18.2 Å². The van der Waals surface area contributed by atoms with Gasteiger partial charge in [-0.15, -0.1) is 11.8 Å². The Morgan fingerprint density at radius 3 is 2.82 bits per heavy atom. The summed E-state index contributed by atoms with van der Waals surface area (Å²) >= 11 is 1.43. The van der Waals surface area contributed by atoms with Crippen LogP contribution in [0.25, 0.3) is 0 Å². The maximum atomic E-state index is 14.0. The first-order chi connectivity index (χ1) is 10.6. The highest BCUT2D eigenvalue weighted by atomic mass is 32.2. The third kappa shape index (κ3) is 3.27. The molecule has 4 nitrogen and oxygen atoms in total. The number of nitrogens with one attached hydrogen (secondary N) is 1. The summed E-state index contributed by atoms with van der Waals surface area (Å²) in [7, 11) is 0. The largest absolute Gasteiger partial charge is 0.353 e. The van der Waals surface area contributed by atoms with Crippen LogP contribution in [0.3, 0.4) is 0 Å². The number of nitrogens with zero attached hydrogens (tertiary/aromatic N) is 1. The van der Waals surface area contributed by atoms with Crippen LogP contribution in [0.1, 0.15) is 37.1 Å². The second kappa shape index (κ2) is 6.28. The number of carbonyl (C=O) groups excluding carboxylic acids is 2. The van der Waals surface area contributed by atoms with Crippen molar-refractivity contribution in [3.05, 3.63) is 35.6 Å². The predicted molar refractivity (Wildman–Crippen MR) is 83.7 cm³/mol. The second-order valence-electron chi connectivity index (χ2n) is 5.78. The van der Waals surface area contributed by atoms with Gasteiger partial charge in [-0.05, 0) is 25.8 Å². The topological polar surface area (TPSA) is 49.4 Å². The summed E-state index contributed by atoms with van der Waals surface area (Å²) in [6.07, 6.45) is 2.35. The monoisotopic (exact) mass is 322 g/mol. The summed E-state index contributed by atoms with van der Waals surface area (Å²) in [4.78, 5) is 25.7. The van der Waals surface area contributed by atoms with Crippen LogP contribution in [0.2, 0.25) is 0 Å². The summed E-state index contributed by atoms with van der Waals surface area (Å²) in [5.74, 6) is -0.376. The standard InChI is InChI=1S/C16H19FN2O2S/c1-10-15(21)19(9-8-14(20)18-11-6-7-11)16(22-10)12-4-2-3-5-13(12)17/h2-5,10-11,16H,6-9H2,1H3,(H,18,20)/t10-,16+/m0/s1. The molecule has 1 saturated carbocycles. The van der Waals surface area contributed by atoms with Crippen LogP contribution in [0, 0.1) is 5.82 Å². The van der Waals surface area contributed by atoms with Crippen LogP contribution in [0.4, 0.5) is 4.39 Å². The average molecular weight is 322 g/mol. The predicted octanol–water partition coefficient (Wildman–Crippen LogP) is 2.46. The van der Waals surface area contributed by atoms with Crippen molar-refractivity contribution in [3.63, 3.8) is 0 Å². The fourth-order valence-electron chi connectivity index (χ4n) is 2.57. The van der Waals surface area contributed by atoms with E-state index >= 15 is 0 Å². The zero-order valence-corrected chi connectivity index (χ0v) is 13.2. The molecule has 1 aromatic rings. The van der Waals surface area contributed by atoms with Crippen LogP contribution >= 0.6 is 11.8 Å². The molecule has 1 aliphatic heterocycles. The van der Waals surface area contributed by atoms with Crippen LogP contribution < -0.4 is 5.32 Å². The van der Waals surface area contributed by atoms with E-state index < -0.39 is 0 Å². The van der Waals surface area contributed by atoms with Gasteiger partial charge >= 0.3 is 0 Å². The molecule has 3 rings (SSSR count). The summed E-state index contributed by atoms with van der Waals surface area (Å²) in [6.45, 7) is 2.15. The van der Waals surface area contributed by atoms with Crippen molar-refractivity contribution in [2.45, 2.75) is 42.9 Å². The fourth-order valence-corrected chi connectivity index (χ4v) is 3.90. The molecule has 1 heterocycles. The molecule has 1 aromatic carbocycles. The summed E-state index contributed by atoms with van der Waals surface area (Å²) in [5.41, 5.74) is 0.507. The fraction of sp³-hybridized carbons (Fsp3) is 0.500. The zero-order chi connectivity index (χ0) is 15.7. The van der Waals surface area contributed by atoms with Crippen LogP contribution in [0.15, 0.2) is 24.3 Å². The van der Waals surface area contributed by atoms with Crippen LogP contribution in [-0.4, -0.2) is 34.6 Å². The minimum Gasteiger partial charge on any atom is -0.353 e. The van der Waals surface area contributed by atoms with Crippen molar-refractivity contribution in [2.24, 2.45) is 0 Å². The summed E-state index contributed by atoms with van der Waals surface area (Å²) in [5, 5.41) is 2.35. The molecule has 0 bridgehead atoms. The first kappa shape index (κ1) is 15.3. The smallest absolute Gasteiger partial charge is 0.236 e. The van der Waals surface area contributed by atoms with E-state index in [4.69, 9.17) is 0 Å². The number of hydrogen-bond acceptors (Lipinski definition) is 3. The van der Waals surface area contributed by atoms with E-state index in [1.54, 1.807) is 23.1 Å². The molecule has 0 unspecified atom stereocenters. The van der Waals surface area contributed by atoms with E-state index in [2.05, 4.69) is 5.32 Å². The van der Waals surface area contributed by atoms with Crippen molar-refractivity contribution in [1.29, 1.82) is 0 Å². The maximum Gasteiger partial charge on any atom is 0.236 e. The number of halogens is 1. The van der Waals surface area contributed by atoms with Crippen LogP contribution in [-0.2, 0) is 9.59 Å². The van der Waals surface area contributed by atoms with Gasteiger partial charge in [0.25, 0.3) is 0 Å². The molecule has 1 N–H and O–H groups in total. The first-order valence-electron chi connectivity index (χ1n) is 7.56. The molecule has 118 valence electrons. The summed E-state index contributed by atoms with van der Waals surface area (Å²) < 4.78 is 14.0. The molecule has 2 aliphatic rings. The van der Waals surface area contributed by atoms with Crippen molar-refractivity contribution >= 4 is 23.6 Å². The van der Waals surface area contributed by atoms with Gasteiger partial charge in [0.15, 0.2) is 0 Å². The quantitative estimate of drug-likeness (QED) is 0.906. The van der Waals surface area contributed by atoms with Crippen LogP contribution in [0.5, 0.6) is 0 Å². The molecule has 0 radical (unpaired) electrons. The Morgan fingerprint density at radius 2 is 2.14 bits per heavy atom. The molecule has 1 aliphatic carbocycles. The van der Waals surface area contributed by atoms with Gasteiger partial charge in [-0.1, -0.05) is 18.2 Å². The Bertz CT molecular complexity index is 591. The van der Waals surface area contributed by atoms with Gasteiger partial charge in [0, 0.05) is 24.6 Å². The zero-order valence-electron chi connectivity index (χ0n) is 12.4. The van der Waals surface area contributed by atoms with Crippen molar-refractivity contribution < 1.29 is 14.0 Å². The molecule has 1 saturated heterocycles. The highest BCUT2D eigenvalue weighted by Gasteiger charge is 2.39. The molecule has 2 amide bonds. The van der Waals surface area contributed by atoms with Gasteiger partial charge in [-0.3, -0.25) is 9.59 Å². The van der Waals surface area contributed by atoms with Gasteiger partial charge in [-0.2, -0.15) is 0 Å². The minimum atomic E-state index is -0.350. The van der Waals surface area contributed by atoms with Gasteiger partial charge in [0.05, 0.1) is 5.25 Å². The molecular formula is C16H19FN2O2S. The molecule has 2 fully saturated rings. The second-order valence-corrected chi connectivity index (χ2v) is 7.20. The molecule has 22 heavy (non-hydrogen) atoms. The Hall–Kier alpha value is -1.56. The number of hydrogen-bond donors (Lipinski definition) is 1. The van der Waals surface area contributed by atoms with E-state index in [1.807, 2.05) is 6.92 Å². The number of carbonyl (C=O) groups is 2. The Morgan fingerprint density at radius 1 is 1.41 bits per heavy atom. The lowest BCUT2D eigenvalue weighted by atomic mass is 10.2. The minimum absolute atomic E-state index is 0.0301. The molecule has 0 aromatic heterocycles. The highest BCUT2D eigenvalue weighted by Crippen LogP contribution is 2.43. The lowest BCUT2D eigenvalue weighted by molar-refractivity contribution is -0.130. The Labute approximate surface area is 133 Å². The van der Waals surface area contributed by atoms with E-state index in [-0.39, 0.29) is 34.7 Å². The van der Waals surface area contributed by atoms with Gasteiger partial charge in [0.1, 0.15) is 11.2 Å². The lowest BCUT2D eigenvalue weighted by Gasteiger charge is -2.24. The first-order valence-corrected chi connectivity index (χ1v) is 8.50. The Kier molecular flexibility index (Phi) is 4.38. The van der Waals surface area contributed by atoms with E-state index in [1.165, 1.54) is 17.8 Å². The average Bonchev–Trinajstić information content (AvgIpc) is 3.25. The number of benzene rings is 1.